The van der Waals surface area contributed by atoms with Gasteiger partial charge < -0.3 is 14.8 Å². The Morgan fingerprint density at radius 2 is 1.34 bits per heavy atom. The predicted octanol–water partition coefficient (Wildman–Crippen LogP) is 4.69. The van der Waals surface area contributed by atoms with Crippen LogP contribution in [-0.2, 0) is 30.3 Å². The Kier molecular flexibility index (Phi) is 8.62. The first-order valence-electron chi connectivity index (χ1n) is 12.0. The number of nitro benzene ring substituents is 1. The molecule has 0 radical (unpaired) electrons. The number of ether oxygens (including phenoxy) is 2. The van der Waals surface area contributed by atoms with E-state index in [4.69, 9.17) is 9.47 Å². The third-order valence-electron chi connectivity index (χ3n) is 5.53. The monoisotopic (exact) mass is 518 g/mol. The lowest BCUT2D eigenvalue weighted by Crippen LogP contribution is -2.63. The molecule has 38 heavy (non-hydrogen) atoms. The molecule has 9 nitrogen and oxygen atoms in total. The number of rotatable bonds is 9. The molecule has 3 aromatic rings. The van der Waals surface area contributed by atoms with E-state index >= 15 is 0 Å². The number of non-ortho nitro benzene ring substituents is 1. The number of nitrogens with zero attached hydrogens (tertiary/aromatic N) is 1. The second-order valence-electron chi connectivity index (χ2n) is 9.80. The second-order valence-corrected chi connectivity index (χ2v) is 9.80. The molecular weight excluding hydrogens is 488 g/mol. The van der Waals surface area contributed by atoms with Crippen LogP contribution in [0.1, 0.15) is 50.5 Å². The Hall–Kier alpha value is -4.53. The number of nitro groups is 1. The minimum Gasteiger partial charge on any atom is -0.458 e. The largest absolute Gasteiger partial charge is 0.458 e. The topological polar surface area (TPSA) is 125 Å². The smallest absolute Gasteiger partial charge is 0.345 e. The Balaban J connectivity index is 2.11. The van der Waals surface area contributed by atoms with E-state index in [-0.39, 0.29) is 12.1 Å². The van der Waals surface area contributed by atoms with Crippen molar-refractivity contribution in [3.05, 3.63) is 112 Å². The number of amides is 1. The average molecular weight is 519 g/mol. The molecule has 0 saturated heterocycles. The zero-order valence-corrected chi connectivity index (χ0v) is 21.7. The lowest BCUT2D eigenvalue weighted by molar-refractivity contribution is -0.384. The van der Waals surface area contributed by atoms with Gasteiger partial charge in [0, 0.05) is 25.5 Å². The third kappa shape index (κ3) is 7.03. The van der Waals surface area contributed by atoms with Gasteiger partial charge in [0.25, 0.3) is 5.69 Å². The zero-order chi connectivity index (χ0) is 27.9. The maximum atomic E-state index is 14.0. The molecule has 0 aromatic heterocycles. The van der Waals surface area contributed by atoms with Crippen molar-refractivity contribution in [2.24, 2.45) is 0 Å². The highest BCUT2D eigenvalue weighted by Gasteiger charge is 2.52. The van der Waals surface area contributed by atoms with Gasteiger partial charge in [0.05, 0.1) is 4.92 Å². The van der Waals surface area contributed by atoms with E-state index in [0.717, 1.165) is 0 Å². The summed E-state index contributed by atoms with van der Waals surface area (Å²) in [6.45, 7) is 6.08. The molecule has 9 heteroatoms. The van der Waals surface area contributed by atoms with Crippen LogP contribution in [0.3, 0.4) is 0 Å². The van der Waals surface area contributed by atoms with E-state index in [2.05, 4.69) is 5.32 Å². The molecular formula is C29H30N2O7. The summed E-state index contributed by atoms with van der Waals surface area (Å²) >= 11 is 0. The van der Waals surface area contributed by atoms with E-state index < -0.39 is 40.0 Å². The first-order valence-corrected chi connectivity index (χ1v) is 12.0. The molecule has 198 valence electrons. The highest BCUT2D eigenvalue weighted by Crippen LogP contribution is 2.30. The average Bonchev–Trinajstić information content (AvgIpc) is 2.86. The van der Waals surface area contributed by atoms with Gasteiger partial charge in [-0.3, -0.25) is 14.9 Å². The molecule has 3 aromatic carbocycles. The fourth-order valence-corrected chi connectivity index (χ4v) is 3.87. The summed E-state index contributed by atoms with van der Waals surface area (Å²) in [7, 11) is 0. The molecule has 0 bridgehead atoms. The van der Waals surface area contributed by atoms with Crippen molar-refractivity contribution >= 4 is 23.5 Å². The molecule has 3 rings (SSSR count). The van der Waals surface area contributed by atoms with Gasteiger partial charge in [-0.25, -0.2) is 9.59 Å². The summed E-state index contributed by atoms with van der Waals surface area (Å²) < 4.78 is 11.6. The molecule has 0 fully saturated rings. The Morgan fingerprint density at radius 1 is 0.842 bits per heavy atom. The molecule has 0 aliphatic carbocycles. The van der Waals surface area contributed by atoms with Crippen molar-refractivity contribution in [2.75, 3.05) is 0 Å². The molecule has 0 aliphatic heterocycles. The molecule has 0 aliphatic rings. The van der Waals surface area contributed by atoms with Crippen LogP contribution in [0.5, 0.6) is 0 Å². The maximum Gasteiger partial charge on any atom is 0.345 e. The van der Waals surface area contributed by atoms with Crippen molar-refractivity contribution in [2.45, 2.75) is 51.4 Å². The molecule has 1 atom stereocenters. The lowest BCUT2D eigenvalue weighted by atomic mass is 9.89. The molecule has 1 N–H and O–H groups in total. The normalized spacial score (nSPS) is 12.8. The first kappa shape index (κ1) is 28.0. The van der Waals surface area contributed by atoms with Gasteiger partial charge >= 0.3 is 11.9 Å². The Bertz CT molecular complexity index is 1250. The number of esters is 2. The SMILES string of the molecule is CC(=O)NC(Cc1ccc([N+](=O)[O-])cc1)(C(=O)OC(c1ccccc1)c1ccccc1)C(=O)OC(C)(C)C. The summed E-state index contributed by atoms with van der Waals surface area (Å²) in [5.74, 6) is -2.70. The summed E-state index contributed by atoms with van der Waals surface area (Å²) in [4.78, 5) is 50.6. The van der Waals surface area contributed by atoms with E-state index in [9.17, 15) is 24.5 Å². The van der Waals surface area contributed by atoms with E-state index in [1.54, 1.807) is 69.3 Å². The van der Waals surface area contributed by atoms with E-state index in [1.807, 2.05) is 12.1 Å². The second kappa shape index (κ2) is 11.7. The summed E-state index contributed by atoms with van der Waals surface area (Å²) in [6, 6.07) is 23.3. The maximum absolute atomic E-state index is 14.0. The molecule has 0 spiro atoms. The highest BCUT2D eigenvalue weighted by atomic mass is 16.6. The van der Waals surface area contributed by atoms with Crippen LogP contribution < -0.4 is 5.32 Å². The zero-order valence-electron chi connectivity index (χ0n) is 21.7. The van der Waals surface area contributed by atoms with Crippen LogP contribution in [-0.4, -0.2) is 33.9 Å². The Morgan fingerprint density at radius 3 is 1.76 bits per heavy atom. The lowest BCUT2D eigenvalue weighted by Gasteiger charge is -2.34. The van der Waals surface area contributed by atoms with E-state index in [0.29, 0.717) is 16.7 Å². The summed E-state index contributed by atoms with van der Waals surface area (Å²) in [5, 5.41) is 13.6. The van der Waals surface area contributed by atoms with Crippen molar-refractivity contribution in [1.29, 1.82) is 0 Å². The minimum atomic E-state index is -2.27. The van der Waals surface area contributed by atoms with Crippen LogP contribution in [0.15, 0.2) is 84.9 Å². The van der Waals surface area contributed by atoms with Crippen LogP contribution in [0.2, 0.25) is 0 Å². The molecule has 1 amide bonds. The quantitative estimate of drug-likeness (QED) is 0.189. The van der Waals surface area contributed by atoms with Crippen molar-refractivity contribution in [3.63, 3.8) is 0 Å². The van der Waals surface area contributed by atoms with Crippen molar-refractivity contribution < 1.29 is 28.8 Å². The van der Waals surface area contributed by atoms with Crippen molar-refractivity contribution in [3.8, 4) is 0 Å². The van der Waals surface area contributed by atoms with Gasteiger partial charge in [-0.2, -0.15) is 0 Å². The van der Waals surface area contributed by atoms with Gasteiger partial charge in [-0.1, -0.05) is 72.8 Å². The minimum absolute atomic E-state index is 0.160. The van der Waals surface area contributed by atoms with Gasteiger partial charge in [-0.05, 0) is 37.5 Å². The van der Waals surface area contributed by atoms with Gasteiger partial charge in [0.1, 0.15) is 5.60 Å². The third-order valence-corrected chi connectivity index (χ3v) is 5.53. The van der Waals surface area contributed by atoms with Crippen LogP contribution >= 0.6 is 0 Å². The van der Waals surface area contributed by atoms with Crippen molar-refractivity contribution in [1.82, 2.24) is 5.32 Å². The standard InChI is InChI=1S/C29H30N2O7/c1-20(32)30-29(27(34)38-28(2,3)4,19-21-15-17-24(18-16-21)31(35)36)26(33)37-25(22-11-7-5-8-12-22)23-13-9-6-10-14-23/h5-18,25H,19H2,1-4H3,(H,30,32). The van der Waals surface area contributed by atoms with Crippen LogP contribution in [0, 0.1) is 10.1 Å². The fraction of sp³-hybridized carbons (Fsp3) is 0.276. The summed E-state index contributed by atoms with van der Waals surface area (Å²) in [5.41, 5.74) is -1.73. The molecule has 0 saturated carbocycles. The Labute approximate surface area is 220 Å². The molecule has 0 heterocycles. The fourth-order valence-electron chi connectivity index (χ4n) is 3.87. The number of carbonyl (C=O) groups excluding carboxylic acids is 3. The number of hydrogen-bond acceptors (Lipinski definition) is 7. The van der Waals surface area contributed by atoms with Gasteiger partial charge in [0.15, 0.2) is 6.10 Å². The first-order chi connectivity index (χ1) is 17.9. The van der Waals surface area contributed by atoms with Gasteiger partial charge in [0.2, 0.25) is 11.4 Å². The summed E-state index contributed by atoms with van der Waals surface area (Å²) in [6.07, 6.45) is -1.24. The van der Waals surface area contributed by atoms with Crippen LogP contribution in [0.25, 0.3) is 0 Å². The van der Waals surface area contributed by atoms with Gasteiger partial charge in [-0.15, -0.1) is 0 Å². The van der Waals surface area contributed by atoms with E-state index in [1.165, 1.54) is 31.2 Å². The predicted molar refractivity (Wildman–Crippen MR) is 140 cm³/mol. The highest BCUT2D eigenvalue weighted by molar-refractivity contribution is 6.08. The number of benzene rings is 3. The number of carbonyl (C=O) groups is 3. The number of hydrogen-bond donors (Lipinski definition) is 1. The number of nitrogens with one attached hydrogen (secondary N) is 1. The van der Waals surface area contributed by atoms with Crippen LogP contribution in [0.4, 0.5) is 5.69 Å². The molecule has 1 unspecified atom stereocenters.